The maximum absolute atomic E-state index is 12.3. The molecule has 0 aliphatic rings. The fraction of sp³-hybridized carbons (Fsp3) is 0.462. The standard InChI is InChI=1S/C13H17Br2NO2/c1-3-7-16(8-6-14)13(17)10-4-5-12(18-2)11(15)9-10/h4-5,9H,3,6-8H2,1-2H3. The second-order valence-electron chi connectivity index (χ2n) is 3.83. The quantitative estimate of drug-likeness (QED) is 0.706. The second-order valence-corrected chi connectivity index (χ2v) is 5.48. The lowest BCUT2D eigenvalue weighted by Gasteiger charge is -2.21. The van der Waals surface area contributed by atoms with Gasteiger partial charge in [0.1, 0.15) is 5.75 Å². The molecule has 1 rings (SSSR count). The van der Waals surface area contributed by atoms with Crippen molar-refractivity contribution in [1.29, 1.82) is 0 Å². The molecule has 0 heterocycles. The number of hydrogen-bond acceptors (Lipinski definition) is 2. The van der Waals surface area contributed by atoms with Gasteiger partial charge in [0.15, 0.2) is 0 Å². The summed E-state index contributed by atoms with van der Waals surface area (Å²) in [6, 6.07) is 5.40. The molecule has 18 heavy (non-hydrogen) atoms. The number of ether oxygens (including phenoxy) is 1. The lowest BCUT2D eigenvalue weighted by Crippen LogP contribution is -2.33. The van der Waals surface area contributed by atoms with Gasteiger partial charge in [0.2, 0.25) is 0 Å². The van der Waals surface area contributed by atoms with Crippen molar-refractivity contribution in [2.24, 2.45) is 0 Å². The van der Waals surface area contributed by atoms with E-state index in [2.05, 4.69) is 38.8 Å². The average Bonchev–Trinajstić information content (AvgIpc) is 2.37. The molecule has 0 saturated heterocycles. The van der Waals surface area contributed by atoms with Crippen molar-refractivity contribution in [3.8, 4) is 5.75 Å². The number of alkyl halides is 1. The zero-order chi connectivity index (χ0) is 13.5. The van der Waals surface area contributed by atoms with Crippen molar-refractivity contribution < 1.29 is 9.53 Å². The summed E-state index contributed by atoms with van der Waals surface area (Å²) in [5, 5.41) is 0.788. The summed E-state index contributed by atoms with van der Waals surface area (Å²) in [6.45, 7) is 3.56. The second kappa shape index (κ2) is 7.79. The van der Waals surface area contributed by atoms with Crippen LogP contribution >= 0.6 is 31.9 Å². The highest BCUT2D eigenvalue weighted by Crippen LogP contribution is 2.26. The van der Waals surface area contributed by atoms with Crippen LogP contribution in [0.1, 0.15) is 23.7 Å². The summed E-state index contributed by atoms with van der Waals surface area (Å²) >= 11 is 6.77. The molecule has 0 aliphatic heterocycles. The van der Waals surface area contributed by atoms with Gasteiger partial charge in [-0.2, -0.15) is 0 Å². The van der Waals surface area contributed by atoms with Crippen LogP contribution in [0.5, 0.6) is 5.75 Å². The molecule has 3 nitrogen and oxygen atoms in total. The third-order valence-electron chi connectivity index (χ3n) is 2.53. The molecular formula is C13H17Br2NO2. The number of methoxy groups -OCH3 is 1. The van der Waals surface area contributed by atoms with Crippen LogP contribution in [0.4, 0.5) is 0 Å². The Labute approximate surface area is 125 Å². The number of rotatable bonds is 6. The smallest absolute Gasteiger partial charge is 0.253 e. The maximum Gasteiger partial charge on any atom is 0.253 e. The lowest BCUT2D eigenvalue weighted by molar-refractivity contribution is 0.0766. The van der Waals surface area contributed by atoms with Gasteiger partial charge < -0.3 is 9.64 Å². The van der Waals surface area contributed by atoms with E-state index in [-0.39, 0.29) is 5.91 Å². The van der Waals surface area contributed by atoms with Gasteiger partial charge in [-0.05, 0) is 40.5 Å². The number of halogens is 2. The number of benzene rings is 1. The van der Waals surface area contributed by atoms with E-state index >= 15 is 0 Å². The molecule has 100 valence electrons. The first-order valence-corrected chi connectivity index (χ1v) is 7.74. The van der Waals surface area contributed by atoms with Gasteiger partial charge in [0.05, 0.1) is 11.6 Å². The molecule has 0 radical (unpaired) electrons. The predicted molar refractivity (Wildman–Crippen MR) is 80.7 cm³/mol. The van der Waals surface area contributed by atoms with Crippen molar-refractivity contribution in [2.45, 2.75) is 13.3 Å². The first-order chi connectivity index (χ1) is 8.63. The largest absolute Gasteiger partial charge is 0.496 e. The molecule has 0 fully saturated rings. The van der Waals surface area contributed by atoms with E-state index in [0.717, 1.165) is 35.1 Å². The molecule has 1 amide bonds. The molecule has 1 aromatic rings. The van der Waals surface area contributed by atoms with Crippen LogP contribution in [0.3, 0.4) is 0 Å². The van der Waals surface area contributed by atoms with Gasteiger partial charge >= 0.3 is 0 Å². The van der Waals surface area contributed by atoms with Crippen LogP contribution in [0, 0.1) is 0 Å². The molecular weight excluding hydrogens is 362 g/mol. The molecule has 0 spiro atoms. The van der Waals surface area contributed by atoms with Gasteiger partial charge in [-0.25, -0.2) is 0 Å². The van der Waals surface area contributed by atoms with Crippen LogP contribution in [0.2, 0.25) is 0 Å². The Kier molecular flexibility index (Phi) is 6.71. The van der Waals surface area contributed by atoms with Gasteiger partial charge in [-0.1, -0.05) is 22.9 Å². The van der Waals surface area contributed by atoms with E-state index in [9.17, 15) is 4.79 Å². The third-order valence-corrected chi connectivity index (χ3v) is 3.51. The first kappa shape index (κ1) is 15.5. The minimum Gasteiger partial charge on any atom is -0.496 e. The highest BCUT2D eigenvalue weighted by molar-refractivity contribution is 9.10. The Morgan fingerprint density at radius 1 is 1.39 bits per heavy atom. The minimum atomic E-state index is 0.0552. The number of amides is 1. The Bertz CT molecular complexity index is 404. The van der Waals surface area contributed by atoms with E-state index in [1.165, 1.54) is 0 Å². The van der Waals surface area contributed by atoms with Crippen LogP contribution in [0.15, 0.2) is 22.7 Å². The van der Waals surface area contributed by atoms with E-state index in [1.807, 2.05) is 4.90 Å². The SMILES string of the molecule is CCCN(CCBr)C(=O)c1ccc(OC)c(Br)c1. The monoisotopic (exact) mass is 377 g/mol. The van der Waals surface area contributed by atoms with Gasteiger partial charge in [-0.3, -0.25) is 4.79 Å². The molecule has 0 bridgehead atoms. The van der Waals surface area contributed by atoms with Crippen LogP contribution in [-0.4, -0.2) is 36.3 Å². The van der Waals surface area contributed by atoms with Crippen LogP contribution < -0.4 is 4.74 Å². The Morgan fingerprint density at radius 2 is 2.11 bits per heavy atom. The van der Waals surface area contributed by atoms with E-state index in [4.69, 9.17) is 4.74 Å². The molecule has 0 unspecified atom stereocenters. The highest BCUT2D eigenvalue weighted by atomic mass is 79.9. The molecule has 0 aromatic heterocycles. The summed E-state index contributed by atoms with van der Waals surface area (Å²) in [6.07, 6.45) is 0.954. The molecule has 0 atom stereocenters. The van der Waals surface area contributed by atoms with Gasteiger partial charge in [-0.15, -0.1) is 0 Å². The third kappa shape index (κ3) is 3.99. The van der Waals surface area contributed by atoms with E-state index in [0.29, 0.717) is 5.56 Å². The lowest BCUT2D eigenvalue weighted by atomic mass is 10.2. The summed E-state index contributed by atoms with van der Waals surface area (Å²) in [5.41, 5.74) is 0.678. The number of nitrogens with zero attached hydrogens (tertiary/aromatic N) is 1. The minimum absolute atomic E-state index is 0.0552. The van der Waals surface area contributed by atoms with Crippen molar-refractivity contribution in [1.82, 2.24) is 4.90 Å². The summed E-state index contributed by atoms with van der Waals surface area (Å²) in [4.78, 5) is 14.2. The zero-order valence-corrected chi connectivity index (χ0v) is 13.8. The molecule has 1 aromatic carbocycles. The van der Waals surface area contributed by atoms with Crippen molar-refractivity contribution >= 4 is 37.8 Å². The summed E-state index contributed by atoms with van der Waals surface area (Å²) < 4.78 is 5.95. The van der Waals surface area contributed by atoms with Crippen molar-refractivity contribution in [2.75, 3.05) is 25.5 Å². The van der Waals surface area contributed by atoms with Crippen LogP contribution in [0.25, 0.3) is 0 Å². The van der Waals surface area contributed by atoms with E-state index in [1.54, 1.807) is 25.3 Å². The van der Waals surface area contributed by atoms with Gasteiger partial charge in [0.25, 0.3) is 5.91 Å². The van der Waals surface area contributed by atoms with Crippen molar-refractivity contribution in [3.63, 3.8) is 0 Å². The Balaban J connectivity index is 2.90. The Morgan fingerprint density at radius 3 is 2.61 bits per heavy atom. The van der Waals surface area contributed by atoms with Crippen LogP contribution in [-0.2, 0) is 0 Å². The fourth-order valence-electron chi connectivity index (χ4n) is 1.67. The van der Waals surface area contributed by atoms with Crippen molar-refractivity contribution in [3.05, 3.63) is 28.2 Å². The number of carbonyl (C=O) groups is 1. The fourth-order valence-corrected chi connectivity index (χ4v) is 2.64. The number of hydrogen-bond donors (Lipinski definition) is 0. The first-order valence-electron chi connectivity index (χ1n) is 5.82. The topological polar surface area (TPSA) is 29.5 Å². The van der Waals surface area contributed by atoms with E-state index < -0.39 is 0 Å². The number of carbonyl (C=O) groups excluding carboxylic acids is 1. The molecule has 0 N–H and O–H groups in total. The summed E-state index contributed by atoms with van der Waals surface area (Å²) in [5.74, 6) is 0.786. The average molecular weight is 379 g/mol. The molecule has 0 aliphatic carbocycles. The normalized spacial score (nSPS) is 10.2. The Hall–Kier alpha value is -0.550. The zero-order valence-electron chi connectivity index (χ0n) is 10.6. The highest BCUT2D eigenvalue weighted by Gasteiger charge is 2.15. The molecule has 5 heteroatoms. The summed E-state index contributed by atoms with van der Waals surface area (Å²) in [7, 11) is 1.61. The molecule has 0 saturated carbocycles. The predicted octanol–water partition coefficient (Wildman–Crippen LogP) is 3.70. The maximum atomic E-state index is 12.3. The van der Waals surface area contributed by atoms with Gasteiger partial charge in [0, 0.05) is 24.0 Å².